The van der Waals surface area contributed by atoms with Gasteiger partial charge in [-0.1, -0.05) is 6.07 Å². The van der Waals surface area contributed by atoms with Crippen molar-refractivity contribution >= 4 is 5.69 Å². The maximum Gasteiger partial charge on any atom is 0.123 e. The van der Waals surface area contributed by atoms with Gasteiger partial charge in [0.15, 0.2) is 0 Å². The van der Waals surface area contributed by atoms with Crippen LogP contribution in [0.4, 0.5) is 14.5 Å². The number of nitrogens with two attached hydrogens (primary N) is 1. The molecule has 2 aromatic rings. The van der Waals surface area contributed by atoms with Crippen LogP contribution in [0.5, 0.6) is 0 Å². The summed E-state index contributed by atoms with van der Waals surface area (Å²) in [5.74, 6) is -0.572. The van der Waals surface area contributed by atoms with Crippen molar-refractivity contribution in [1.29, 1.82) is 0 Å². The molecule has 0 radical (unpaired) electrons. The second-order valence-electron chi connectivity index (χ2n) is 3.98. The number of rotatable bonds is 4. The number of anilines is 1. The summed E-state index contributed by atoms with van der Waals surface area (Å²) in [5.41, 5.74) is 8.07. The molecule has 0 heterocycles. The largest absolute Gasteiger partial charge is 0.381 e. The quantitative estimate of drug-likeness (QED) is 0.872. The van der Waals surface area contributed by atoms with Crippen LogP contribution in [0.2, 0.25) is 0 Å². The number of halogens is 2. The monoisotopic (exact) mass is 248 g/mol. The fourth-order valence-electron chi connectivity index (χ4n) is 1.72. The van der Waals surface area contributed by atoms with Crippen molar-refractivity contribution in [3.8, 4) is 0 Å². The van der Waals surface area contributed by atoms with E-state index in [1.54, 1.807) is 18.2 Å². The molecule has 2 aromatic carbocycles. The van der Waals surface area contributed by atoms with Crippen LogP contribution in [0.15, 0.2) is 42.5 Å². The van der Waals surface area contributed by atoms with Crippen LogP contribution in [0.3, 0.4) is 0 Å². The molecule has 3 N–H and O–H groups in total. The second-order valence-corrected chi connectivity index (χ2v) is 3.98. The minimum Gasteiger partial charge on any atom is -0.381 e. The van der Waals surface area contributed by atoms with Crippen molar-refractivity contribution in [3.63, 3.8) is 0 Å². The Morgan fingerprint density at radius 1 is 0.889 bits per heavy atom. The van der Waals surface area contributed by atoms with Gasteiger partial charge in [-0.3, -0.25) is 0 Å². The highest BCUT2D eigenvalue weighted by atomic mass is 19.1. The van der Waals surface area contributed by atoms with E-state index in [-0.39, 0.29) is 11.6 Å². The summed E-state index contributed by atoms with van der Waals surface area (Å²) in [5, 5.41) is 3.10. The smallest absolute Gasteiger partial charge is 0.123 e. The molecule has 0 spiro atoms. The zero-order valence-electron chi connectivity index (χ0n) is 9.79. The molecule has 0 amide bonds. The van der Waals surface area contributed by atoms with Crippen molar-refractivity contribution in [2.75, 3.05) is 5.32 Å². The molecule has 0 aliphatic heterocycles. The maximum atomic E-state index is 13.1. The molecule has 0 saturated heterocycles. The van der Waals surface area contributed by atoms with Gasteiger partial charge in [0.05, 0.1) is 0 Å². The van der Waals surface area contributed by atoms with Crippen LogP contribution in [0.25, 0.3) is 0 Å². The van der Waals surface area contributed by atoms with E-state index in [0.29, 0.717) is 13.1 Å². The van der Waals surface area contributed by atoms with Gasteiger partial charge in [0.25, 0.3) is 0 Å². The van der Waals surface area contributed by atoms with Crippen molar-refractivity contribution in [2.24, 2.45) is 5.73 Å². The van der Waals surface area contributed by atoms with Gasteiger partial charge in [0.1, 0.15) is 11.6 Å². The number of nitrogens with one attached hydrogen (secondary N) is 1. The lowest BCUT2D eigenvalue weighted by Gasteiger charge is -2.10. The van der Waals surface area contributed by atoms with Crippen LogP contribution in [-0.2, 0) is 13.1 Å². The Morgan fingerprint density at radius 3 is 2.22 bits per heavy atom. The Balaban J connectivity index is 2.09. The summed E-state index contributed by atoms with van der Waals surface area (Å²) < 4.78 is 25.9. The second kappa shape index (κ2) is 5.60. The maximum absolute atomic E-state index is 13.1. The van der Waals surface area contributed by atoms with Gasteiger partial charge in [-0.15, -0.1) is 0 Å². The zero-order chi connectivity index (χ0) is 13.0. The minimum absolute atomic E-state index is 0.283. The Bertz CT molecular complexity index is 524. The molecule has 0 atom stereocenters. The Kier molecular flexibility index (Phi) is 3.89. The average molecular weight is 248 g/mol. The van der Waals surface area contributed by atoms with E-state index >= 15 is 0 Å². The molecule has 18 heavy (non-hydrogen) atoms. The van der Waals surface area contributed by atoms with Gasteiger partial charge in [-0.25, -0.2) is 8.78 Å². The molecule has 0 bridgehead atoms. The first-order chi connectivity index (χ1) is 8.69. The summed E-state index contributed by atoms with van der Waals surface area (Å²) in [6.45, 7) is 0.816. The molecular formula is C14H14F2N2. The molecule has 2 nitrogen and oxygen atoms in total. The third kappa shape index (κ3) is 3.05. The molecular weight excluding hydrogens is 234 g/mol. The molecule has 94 valence electrons. The van der Waals surface area contributed by atoms with Crippen molar-refractivity contribution in [3.05, 3.63) is 65.2 Å². The molecule has 0 aliphatic rings. The first-order valence-corrected chi connectivity index (χ1v) is 5.66. The van der Waals surface area contributed by atoms with E-state index in [0.717, 1.165) is 16.8 Å². The first kappa shape index (κ1) is 12.5. The normalized spacial score (nSPS) is 10.4. The fraction of sp³-hybridized carbons (Fsp3) is 0.143. The molecule has 0 aliphatic carbocycles. The fourth-order valence-corrected chi connectivity index (χ4v) is 1.72. The van der Waals surface area contributed by atoms with Crippen LogP contribution in [0, 0.1) is 11.6 Å². The van der Waals surface area contributed by atoms with E-state index in [1.807, 2.05) is 0 Å². The summed E-state index contributed by atoms with van der Waals surface area (Å²) in [7, 11) is 0. The first-order valence-electron chi connectivity index (χ1n) is 5.66. The Morgan fingerprint density at radius 2 is 1.56 bits per heavy atom. The van der Waals surface area contributed by atoms with Crippen LogP contribution in [0.1, 0.15) is 11.1 Å². The van der Waals surface area contributed by atoms with Gasteiger partial charge in [0.2, 0.25) is 0 Å². The topological polar surface area (TPSA) is 38.0 Å². The van der Waals surface area contributed by atoms with Crippen molar-refractivity contribution in [1.82, 2.24) is 0 Å². The number of hydrogen-bond donors (Lipinski definition) is 2. The van der Waals surface area contributed by atoms with Crippen LogP contribution in [-0.4, -0.2) is 0 Å². The Hall–Kier alpha value is -1.94. The predicted octanol–water partition coefficient (Wildman–Crippen LogP) is 3.04. The SMILES string of the molecule is NCc1ccc(F)cc1CNc1ccc(F)cc1. The van der Waals surface area contributed by atoms with Crippen LogP contribution < -0.4 is 11.1 Å². The highest BCUT2D eigenvalue weighted by Gasteiger charge is 2.03. The van der Waals surface area contributed by atoms with Gasteiger partial charge in [-0.05, 0) is 47.5 Å². The van der Waals surface area contributed by atoms with Crippen LogP contribution >= 0.6 is 0 Å². The molecule has 0 unspecified atom stereocenters. The lowest BCUT2D eigenvalue weighted by atomic mass is 10.1. The highest BCUT2D eigenvalue weighted by molar-refractivity contribution is 5.44. The Labute approximate surface area is 104 Å². The van der Waals surface area contributed by atoms with E-state index in [2.05, 4.69) is 5.32 Å². The summed E-state index contributed by atoms with van der Waals surface area (Å²) in [6.07, 6.45) is 0. The molecule has 4 heteroatoms. The lowest BCUT2D eigenvalue weighted by Crippen LogP contribution is -2.07. The van der Waals surface area contributed by atoms with E-state index < -0.39 is 0 Å². The lowest BCUT2D eigenvalue weighted by molar-refractivity contribution is 0.624. The van der Waals surface area contributed by atoms with E-state index in [1.165, 1.54) is 24.3 Å². The van der Waals surface area contributed by atoms with Gasteiger partial charge >= 0.3 is 0 Å². The van der Waals surface area contributed by atoms with Gasteiger partial charge < -0.3 is 11.1 Å². The molecule has 0 aromatic heterocycles. The highest BCUT2D eigenvalue weighted by Crippen LogP contribution is 2.14. The summed E-state index contributed by atoms with van der Waals surface area (Å²) >= 11 is 0. The predicted molar refractivity (Wildman–Crippen MR) is 68.0 cm³/mol. The zero-order valence-corrected chi connectivity index (χ0v) is 9.79. The number of benzene rings is 2. The summed E-state index contributed by atoms with van der Waals surface area (Å²) in [6, 6.07) is 10.5. The third-order valence-corrected chi connectivity index (χ3v) is 2.72. The van der Waals surface area contributed by atoms with E-state index in [9.17, 15) is 8.78 Å². The molecule has 0 fully saturated rings. The molecule has 0 saturated carbocycles. The average Bonchev–Trinajstić information content (AvgIpc) is 2.38. The summed E-state index contributed by atoms with van der Waals surface area (Å²) in [4.78, 5) is 0. The van der Waals surface area contributed by atoms with Crippen molar-refractivity contribution < 1.29 is 8.78 Å². The third-order valence-electron chi connectivity index (χ3n) is 2.72. The van der Waals surface area contributed by atoms with Gasteiger partial charge in [0, 0.05) is 18.8 Å². The van der Waals surface area contributed by atoms with Gasteiger partial charge in [-0.2, -0.15) is 0 Å². The minimum atomic E-state index is -0.289. The standard InChI is InChI=1S/C14H14F2N2/c15-12-3-5-14(6-4-12)18-9-11-7-13(16)2-1-10(11)8-17/h1-7,18H,8-9,17H2. The van der Waals surface area contributed by atoms with Crippen molar-refractivity contribution in [2.45, 2.75) is 13.1 Å². The van der Waals surface area contributed by atoms with E-state index in [4.69, 9.17) is 5.73 Å². The number of hydrogen-bond acceptors (Lipinski definition) is 2. The molecule has 2 rings (SSSR count).